The molecule has 0 aliphatic heterocycles. The van der Waals surface area contributed by atoms with E-state index in [1.165, 1.54) is 0 Å². The molecule has 1 N–H and O–H groups in total. The topological polar surface area (TPSA) is 49.7 Å². The Balaban J connectivity index is 1.97. The van der Waals surface area contributed by atoms with Gasteiger partial charge in [0.05, 0.1) is 5.69 Å². The van der Waals surface area contributed by atoms with Gasteiger partial charge in [-0.25, -0.2) is 4.99 Å². The first kappa shape index (κ1) is 17.9. The average Bonchev–Trinajstić information content (AvgIpc) is 2.66. The second-order valence-electron chi connectivity index (χ2n) is 6.27. The minimum atomic E-state index is -0.193. The van der Waals surface area contributed by atoms with E-state index in [-0.39, 0.29) is 12.4 Å². The summed E-state index contributed by atoms with van der Waals surface area (Å²) in [5, 5.41) is 10.3. The van der Waals surface area contributed by atoms with E-state index in [4.69, 9.17) is 23.2 Å². The summed E-state index contributed by atoms with van der Waals surface area (Å²) in [6, 6.07) is 18.2. The molecule has 0 heterocycles. The van der Waals surface area contributed by atoms with Crippen molar-refractivity contribution >= 4 is 40.4 Å². The molecule has 27 heavy (non-hydrogen) atoms. The van der Waals surface area contributed by atoms with Gasteiger partial charge >= 0.3 is 0 Å². The third-order valence-electron chi connectivity index (χ3n) is 4.57. The van der Waals surface area contributed by atoms with Gasteiger partial charge in [-0.1, -0.05) is 53.5 Å². The van der Waals surface area contributed by atoms with Crippen LogP contribution in [0.4, 0.5) is 5.69 Å². The van der Waals surface area contributed by atoms with Crippen molar-refractivity contribution in [3.05, 3.63) is 87.4 Å². The zero-order valence-corrected chi connectivity index (χ0v) is 15.8. The van der Waals surface area contributed by atoms with Crippen LogP contribution in [0.1, 0.15) is 21.5 Å². The number of hydrogen-bond acceptors (Lipinski definition) is 3. The van der Waals surface area contributed by atoms with Crippen LogP contribution in [-0.2, 0) is 6.42 Å². The van der Waals surface area contributed by atoms with Gasteiger partial charge in [-0.15, -0.1) is 0 Å². The van der Waals surface area contributed by atoms with Crippen molar-refractivity contribution in [3.63, 3.8) is 0 Å². The molecular weight excluding hydrogens is 381 g/mol. The smallest absolute Gasteiger partial charge is 0.212 e. The number of aliphatic hydroxyl groups is 1. The fourth-order valence-electron chi connectivity index (χ4n) is 3.32. The van der Waals surface area contributed by atoms with E-state index in [0.29, 0.717) is 39.0 Å². The van der Waals surface area contributed by atoms with E-state index in [2.05, 4.69) is 4.99 Å². The van der Waals surface area contributed by atoms with Crippen LogP contribution in [0.25, 0.3) is 11.1 Å². The maximum absolute atomic E-state index is 13.2. The number of aliphatic hydroxyl groups excluding tert-OH is 1. The summed E-state index contributed by atoms with van der Waals surface area (Å²) in [5.74, 6) is -0.193. The van der Waals surface area contributed by atoms with Crippen molar-refractivity contribution in [2.45, 2.75) is 6.42 Å². The zero-order valence-electron chi connectivity index (χ0n) is 14.2. The summed E-state index contributed by atoms with van der Waals surface area (Å²) in [6.45, 7) is 0.0106. The van der Waals surface area contributed by atoms with Crippen molar-refractivity contribution in [2.75, 3.05) is 6.61 Å². The molecule has 0 fully saturated rings. The Kier molecular flexibility index (Phi) is 4.83. The highest BCUT2D eigenvalue weighted by molar-refractivity contribution is 6.55. The van der Waals surface area contributed by atoms with Gasteiger partial charge in [-0.3, -0.25) is 4.79 Å². The van der Waals surface area contributed by atoms with Gasteiger partial charge < -0.3 is 5.11 Å². The van der Waals surface area contributed by atoms with E-state index in [1.54, 1.807) is 24.3 Å². The molecule has 3 nitrogen and oxygen atoms in total. The normalized spacial score (nSPS) is 14.2. The predicted molar refractivity (Wildman–Crippen MR) is 110 cm³/mol. The van der Waals surface area contributed by atoms with Crippen molar-refractivity contribution in [1.29, 1.82) is 0 Å². The van der Waals surface area contributed by atoms with E-state index in [9.17, 15) is 9.90 Å². The molecule has 0 aromatic heterocycles. The Morgan fingerprint density at radius 3 is 2.15 bits per heavy atom. The number of carbonyl (C=O) groups is 1. The number of Topliss-reactive ketones (excluding diaryl/α,β-unsaturated/α-hetero) is 1. The number of nitrogens with zero attached hydrogens (tertiary/aromatic N) is 1. The fraction of sp³-hybridized carbons (Fsp3) is 0.0909. The maximum Gasteiger partial charge on any atom is 0.212 e. The highest BCUT2D eigenvalue weighted by Gasteiger charge is 2.29. The molecule has 0 bridgehead atoms. The number of aliphatic imine (C=N–C) groups is 1. The molecule has 0 spiro atoms. The second kappa shape index (κ2) is 7.28. The van der Waals surface area contributed by atoms with Crippen molar-refractivity contribution in [2.24, 2.45) is 4.99 Å². The molecule has 1 aliphatic carbocycles. The lowest BCUT2D eigenvalue weighted by atomic mass is 9.83. The number of hydrogen-bond donors (Lipinski definition) is 1. The maximum atomic E-state index is 13.2. The number of rotatable bonds is 3. The Hall–Kier alpha value is -2.46. The van der Waals surface area contributed by atoms with E-state index >= 15 is 0 Å². The Morgan fingerprint density at radius 1 is 0.815 bits per heavy atom. The molecule has 0 unspecified atom stereocenters. The van der Waals surface area contributed by atoms with Gasteiger partial charge in [-0.2, -0.15) is 0 Å². The summed E-state index contributed by atoms with van der Waals surface area (Å²) >= 11 is 12.3. The van der Waals surface area contributed by atoms with Gasteiger partial charge in [0, 0.05) is 27.8 Å². The first-order chi connectivity index (χ1) is 13.1. The Labute approximate surface area is 166 Å². The Morgan fingerprint density at radius 2 is 1.44 bits per heavy atom. The molecule has 3 aromatic carbocycles. The average molecular weight is 396 g/mol. The van der Waals surface area contributed by atoms with Crippen molar-refractivity contribution < 1.29 is 9.90 Å². The predicted octanol–water partition coefficient (Wildman–Crippen LogP) is 5.51. The largest absolute Gasteiger partial charge is 0.396 e. The summed E-state index contributed by atoms with van der Waals surface area (Å²) in [4.78, 5) is 17.9. The van der Waals surface area contributed by atoms with Crippen LogP contribution in [0, 0.1) is 0 Å². The van der Waals surface area contributed by atoms with Crippen LogP contribution >= 0.6 is 23.2 Å². The fourth-order valence-corrected chi connectivity index (χ4v) is 3.66. The van der Waals surface area contributed by atoms with Gasteiger partial charge in [0.15, 0.2) is 0 Å². The van der Waals surface area contributed by atoms with Gasteiger partial charge in [0.25, 0.3) is 0 Å². The van der Waals surface area contributed by atoms with Gasteiger partial charge in [0.2, 0.25) is 5.78 Å². The number of carbonyl (C=O) groups excluding carboxylic acids is 1. The molecule has 3 aromatic rings. The number of ketones is 1. The summed E-state index contributed by atoms with van der Waals surface area (Å²) in [5.41, 5.74) is 4.79. The van der Waals surface area contributed by atoms with Crippen molar-refractivity contribution in [1.82, 2.24) is 0 Å². The van der Waals surface area contributed by atoms with Crippen LogP contribution in [0.2, 0.25) is 10.0 Å². The van der Waals surface area contributed by atoms with Crippen molar-refractivity contribution in [3.8, 4) is 11.1 Å². The number of fused-ring (bicyclic) bond motifs is 3. The monoisotopic (exact) mass is 395 g/mol. The van der Waals surface area contributed by atoms with E-state index in [0.717, 1.165) is 16.7 Å². The van der Waals surface area contributed by atoms with E-state index in [1.807, 2.05) is 36.4 Å². The lowest BCUT2D eigenvalue weighted by Gasteiger charge is -2.21. The molecule has 1 aliphatic rings. The first-order valence-electron chi connectivity index (χ1n) is 8.50. The molecular formula is C22H15Cl2NO2. The van der Waals surface area contributed by atoms with Crippen LogP contribution < -0.4 is 0 Å². The van der Waals surface area contributed by atoms with Crippen LogP contribution in [-0.4, -0.2) is 23.2 Å². The third kappa shape index (κ3) is 3.30. The van der Waals surface area contributed by atoms with Gasteiger partial charge in [0.1, 0.15) is 5.71 Å². The molecule has 0 amide bonds. The minimum Gasteiger partial charge on any atom is -0.396 e. The number of para-hydroxylation sites is 1. The zero-order chi connectivity index (χ0) is 19.0. The highest BCUT2D eigenvalue weighted by Crippen LogP contribution is 2.37. The third-order valence-corrected chi connectivity index (χ3v) is 5.04. The number of halogens is 2. The number of benzene rings is 3. The molecule has 0 saturated carbocycles. The SMILES string of the molecule is O=C1/C(=N/c2ccccc2CCO)c2cc(Cl)ccc2-c2ccc(Cl)cc21. The summed E-state index contributed by atoms with van der Waals surface area (Å²) in [7, 11) is 0. The van der Waals surface area contributed by atoms with Gasteiger partial charge in [-0.05, 0) is 53.4 Å². The lowest BCUT2D eigenvalue weighted by molar-refractivity contribution is 0.106. The molecule has 134 valence electrons. The molecule has 0 radical (unpaired) electrons. The van der Waals surface area contributed by atoms with Crippen LogP contribution in [0.5, 0.6) is 0 Å². The summed E-state index contributed by atoms with van der Waals surface area (Å²) < 4.78 is 0. The van der Waals surface area contributed by atoms with Crippen LogP contribution in [0.3, 0.4) is 0 Å². The molecule has 0 saturated heterocycles. The lowest BCUT2D eigenvalue weighted by Crippen LogP contribution is -2.22. The highest BCUT2D eigenvalue weighted by atomic mass is 35.5. The summed E-state index contributed by atoms with van der Waals surface area (Å²) in [6.07, 6.45) is 0.464. The second-order valence-corrected chi connectivity index (χ2v) is 7.14. The Bertz CT molecular complexity index is 1090. The van der Waals surface area contributed by atoms with Crippen LogP contribution in [0.15, 0.2) is 65.7 Å². The molecule has 0 atom stereocenters. The minimum absolute atomic E-state index is 0.0106. The standard InChI is InChI=1S/C22H15Cl2NO2/c23-14-5-7-16-17-8-6-15(24)12-19(17)22(27)21(18(16)11-14)25-20-4-2-1-3-13(20)9-10-26/h1-8,11-12,26H,9-10H2/b25-21+. The van der Waals surface area contributed by atoms with E-state index < -0.39 is 0 Å². The first-order valence-corrected chi connectivity index (χ1v) is 9.26. The molecule has 4 rings (SSSR count). The molecule has 5 heteroatoms. The quantitative estimate of drug-likeness (QED) is 0.635.